The van der Waals surface area contributed by atoms with E-state index in [2.05, 4.69) is 31.3 Å². The lowest BCUT2D eigenvalue weighted by molar-refractivity contribution is 0.767. The predicted molar refractivity (Wildman–Crippen MR) is 71.8 cm³/mol. The molecular formula is C11H14BrN5. The lowest BCUT2D eigenvalue weighted by atomic mass is 10.2. The number of pyridine rings is 1. The molecule has 17 heavy (non-hydrogen) atoms. The number of hydrogen-bond donors (Lipinski definition) is 2. The van der Waals surface area contributed by atoms with Crippen LogP contribution in [-0.2, 0) is 13.5 Å². The van der Waals surface area contributed by atoms with E-state index in [1.807, 2.05) is 25.5 Å². The van der Waals surface area contributed by atoms with Crippen LogP contribution in [0.2, 0.25) is 0 Å². The second-order valence-corrected chi connectivity index (χ2v) is 4.65. The fourth-order valence-corrected chi connectivity index (χ4v) is 2.02. The second kappa shape index (κ2) is 5.18. The standard InChI is InChI=1S/C11H14BrN5/c1-17-7-8(5-16-17)2-3-14-11-10(12)4-9(13)6-15-11/h4-7H,2-3,13H2,1H3,(H,14,15). The van der Waals surface area contributed by atoms with Gasteiger partial charge in [-0.15, -0.1) is 0 Å². The first-order valence-corrected chi connectivity index (χ1v) is 6.07. The summed E-state index contributed by atoms with van der Waals surface area (Å²) in [6.45, 7) is 0.807. The van der Waals surface area contributed by atoms with Gasteiger partial charge in [0.25, 0.3) is 0 Å². The Morgan fingerprint density at radius 2 is 2.29 bits per heavy atom. The number of anilines is 2. The summed E-state index contributed by atoms with van der Waals surface area (Å²) in [6, 6.07) is 1.83. The number of aromatic nitrogens is 3. The van der Waals surface area contributed by atoms with Gasteiger partial charge in [0.05, 0.1) is 22.6 Å². The smallest absolute Gasteiger partial charge is 0.140 e. The molecule has 0 amide bonds. The van der Waals surface area contributed by atoms with Crippen LogP contribution in [0.3, 0.4) is 0 Å². The molecule has 0 aliphatic heterocycles. The average Bonchev–Trinajstić information content (AvgIpc) is 2.68. The molecule has 0 unspecified atom stereocenters. The Balaban J connectivity index is 1.90. The molecule has 2 aromatic heterocycles. The first-order valence-electron chi connectivity index (χ1n) is 5.27. The molecule has 0 saturated carbocycles. The first kappa shape index (κ1) is 11.9. The van der Waals surface area contributed by atoms with E-state index in [9.17, 15) is 0 Å². The van der Waals surface area contributed by atoms with Gasteiger partial charge in [-0.25, -0.2) is 4.98 Å². The van der Waals surface area contributed by atoms with Crippen molar-refractivity contribution in [1.29, 1.82) is 0 Å². The molecule has 0 aliphatic rings. The van der Waals surface area contributed by atoms with E-state index in [4.69, 9.17) is 5.73 Å². The maximum absolute atomic E-state index is 5.62. The second-order valence-electron chi connectivity index (χ2n) is 3.80. The molecule has 3 N–H and O–H groups in total. The van der Waals surface area contributed by atoms with Crippen molar-refractivity contribution in [1.82, 2.24) is 14.8 Å². The summed E-state index contributed by atoms with van der Waals surface area (Å²) >= 11 is 3.42. The number of aryl methyl sites for hydroxylation is 1. The van der Waals surface area contributed by atoms with Crippen LogP contribution in [-0.4, -0.2) is 21.3 Å². The Bertz CT molecular complexity index is 508. The normalized spacial score (nSPS) is 10.5. The van der Waals surface area contributed by atoms with Gasteiger partial charge in [0, 0.05) is 19.8 Å². The molecule has 0 radical (unpaired) electrons. The fourth-order valence-electron chi connectivity index (χ4n) is 1.51. The third-order valence-corrected chi connectivity index (χ3v) is 2.93. The van der Waals surface area contributed by atoms with E-state index < -0.39 is 0 Å². The highest BCUT2D eigenvalue weighted by Gasteiger charge is 2.02. The number of hydrogen-bond acceptors (Lipinski definition) is 4. The summed E-state index contributed by atoms with van der Waals surface area (Å²) in [4.78, 5) is 4.21. The maximum Gasteiger partial charge on any atom is 0.140 e. The molecule has 2 rings (SSSR count). The third-order valence-electron chi connectivity index (χ3n) is 2.33. The zero-order chi connectivity index (χ0) is 12.3. The van der Waals surface area contributed by atoms with E-state index in [1.165, 1.54) is 5.56 Å². The van der Waals surface area contributed by atoms with Crippen molar-refractivity contribution in [2.24, 2.45) is 7.05 Å². The van der Waals surface area contributed by atoms with Crippen LogP contribution in [0.1, 0.15) is 5.56 Å². The van der Waals surface area contributed by atoms with Crippen molar-refractivity contribution < 1.29 is 0 Å². The molecule has 0 spiro atoms. The first-order chi connectivity index (χ1) is 8.15. The summed E-state index contributed by atoms with van der Waals surface area (Å²) < 4.78 is 2.68. The Kier molecular flexibility index (Phi) is 3.63. The lowest BCUT2D eigenvalue weighted by Crippen LogP contribution is -2.06. The van der Waals surface area contributed by atoms with Crippen LogP contribution in [0.25, 0.3) is 0 Å². The van der Waals surface area contributed by atoms with Crippen LogP contribution >= 0.6 is 15.9 Å². The minimum absolute atomic E-state index is 0.648. The predicted octanol–water partition coefficient (Wildman–Crippen LogP) is 1.81. The van der Waals surface area contributed by atoms with Crippen molar-refractivity contribution in [2.45, 2.75) is 6.42 Å². The number of nitrogens with two attached hydrogens (primary N) is 1. The molecule has 0 saturated heterocycles. The SMILES string of the molecule is Cn1cc(CCNc2ncc(N)cc2Br)cn1. The number of nitrogen functional groups attached to an aromatic ring is 1. The van der Waals surface area contributed by atoms with Gasteiger partial charge in [0.1, 0.15) is 5.82 Å². The molecule has 6 heteroatoms. The van der Waals surface area contributed by atoms with Crippen molar-refractivity contribution in [3.05, 3.63) is 34.7 Å². The van der Waals surface area contributed by atoms with Gasteiger partial charge in [-0.05, 0) is 34.0 Å². The van der Waals surface area contributed by atoms with E-state index in [0.29, 0.717) is 5.69 Å². The van der Waals surface area contributed by atoms with Gasteiger partial charge >= 0.3 is 0 Å². The Hall–Kier alpha value is -1.56. The highest BCUT2D eigenvalue weighted by molar-refractivity contribution is 9.10. The summed E-state index contributed by atoms with van der Waals surface area (Å²) in [7, 11) is 1.91. The molecule has 5 nitrogen and oxygen atoms in total. The molecule has 0 atom stereocenters. The van der Waals surface area contributed by atoms with Crippen LogP contribution in [0.4, 0.5) is 11.5 Å². The molecule has 0 bridgehead atoms. The van der Waals surface area contributed by atoms with Crippen LogP contribution in [0.15, 0.2) is 29.1 Å². The van der Waals surface area contributed by atoms with Gasteiger partial charge in [0.15, 0.2) is 0 Å². The quantitative estimate of drug-likeness (QED) is 0.903. The fraction of sp³-hybridized carbons (Fsp3) is 0.273. The van der Waals surface area contributed by atoms with Gasteiger partial charge < -0.3 is 11.1 Å². The van der Waals surface area contributed by atoms with Crippen molar-refractivity contribution in [2.75, 3.05) is 17.6 Å². The topological polar surface area (TPSA) is 68.8 Å². The van der Waals surface area contributed by atoms with Crippen molar-refractivity contribution in [3.63, 3.8) is 0 Å². The van der Waals surface area contributed by atoms with Crippen molar-refractivity contribution >= 4 is 27.4 Å². The van der Waals surface area contributed by atoms with E-state index >= 15 is 0 Å². The van der Waals surface area contributed by atoms with E-state index in [1.54, 1.807) is 10.9 Å². The van der Waals surface area contributed by atoms with Gasteiger partial charge in [-0.3, -0.25) is 4.68 Å². The van der Waals surface area contributed by atoms with Gasteiger partial charge in [-0.2, -0.15) is 5.10 Å². The molecular weight excluding hydrogens is 282 g/mol. The largest absolute Gasteiger partial charge is 0.397 e. The highest BCUT2D eigenvalue weighted by Crippen LogP contribution is 2.21. The van der Waals surface area contributed by atoms with Gasteiger partial charge in [0.2, 0.25) is 0 Å². The lowest BCUT2D eigenvalue weighted by Gasteiger charge is -2.06. The van der Waals surface area contributed by atoms with Gasteiger partial charge in [-0.1, -0.05) is 0 Å². The van der Waals surface area contributed by atoms with Crippen LogP contribution < -0.4 is 11.1 Å². The number of halogens is 1. The van der Waals surface area contributed by atoms with Crippen LogP contribution in [0.5, 0.6) is 0 Å². The van der Waals surface area contributed by atoms with Crippen LogP contribution in [0, 0.1) is 0 Å². The number of rotatable bonds is 4. The molecule has 2 aromatic rings. The molecule has 0 aromatic carbocycles. The summed E-state index contributed by atoms with van der Waals surface area (Å²) in [6.07, 6.45) is 6.42. The molecule has 0 fully saturated rings. The summed E-state index contributed by atoms with van der Waals surface area (Å²) in [5.74, 6) is 0.808. The molecule has 0 aliphatic carbocycles. The van der Waals surface area contributed by atoms with E-state index in [0.717, 1.165) is 23.3 Å². The third kappa shape index (κ3) is 3.20. The van der Waals surface area contributed by atoms with E-state index in [-0.39, 0.29) is 0 Å². The minimum Gasteiger partial charge on any atom is -0.397 e. The zero-order valence-corrected chi connectivity index (χ0v) is 11.1. The minimum atomic E-state index is 0.648. The molecule has 90 valence electrons. The molecule has 2 heterocycles. The summed E-state index contributed by atoms with van der Waals surface area (Å²) in [5.41, 5.74) is 7.47. The monoisotopic (exact) mass is 295 g/mol. The maximum atomic E-state index is 5.62. The number of nitrogens with zero attached hydrogens (tertiary/aromatic N) is 3. The Morgan fingerprint density at radius 1 is 1.47 bits per heavy atom. The summed E-state index contributed by atoms with van der Waals surface area (Å²) in [5, 5.41) is 7.37. The highest BCUT2D eigenvalue weighted by atomic mass is 79.9. The zero-order valence-electron chi connectivity index (χ0n) is 9.52. The Morgan fingerprint density at radius 3 is 2.94 bits per heavy atom. The Labute approximate surface area is 108 Å². The average molecular weight is 296 g/mol. The van der Waals surface area contributed by atoms with Crippen molar-refractivity contribution in [3.8, 4) is 0 Å². The number of nitrogens with one attached hydrogen (secondary N) is 1.